The van der Waals surface area contributed by atoms with E-state index in [4.69, 9.17) is 18.9 Å². The molecule has 2 aromatic carbocycles. The molecule has 0 spiro atoms. The molecule has 10 heteroatoms. The van der Waals surface area contributed by atoms with Crippen LogP contribution in [-0.4, -0.2) is 72.4 Å². The fraction of sp³-hybridized carbons (Fsp3) is 0.438. The van der Waals surface area contributed by atoms with Gasteiger partial charge in [0.15, 0.2) is 0 Å². The van der Waals surface area contributed by atoms with E-state index in [1.54, 1.807) is 55.6 Å². The molecule has 0 bridgehead atoms. The van der Waals surface area contributed by atoms with Crippen molar-refractivity contribution in [3.8, 4) is 0 Å². The van der Waals surface area contributed by atoms with Crippen LogP contribution in [0.15, 0.2) is 72.8 Å². The second kappa shape index (κ2) is 15.0. The third kappa shape index (κ3) is 11.6. The van der Waals surface area contributed by atoms with E-state index in [0.717, 1.165) is 23.3 Å². The number of esters is 2. The normalized spacial score (nSPS) is 13.0. The van der Waals surface area contributed by atoms with Crippen molar-refractivity contribution in [3.05, 3.63) is 83.9 Å². The molecule has 0 aliphatic heterocycles. The first-order chi connectivity index (χ1) is 19.6. The highest BCUT2D eigenvalue weighted by molar-refractivity contribution is 5.91. The van der Waals surface area contributed by atoms with Crippen LogP contribution < -0.4 is 0 Å². The minimum atomic E-state index is -0.795. The summed E-state index contributed by atoms with van der Waals surface area (Å²) < 4.78 is 21.7. The molecular weight excluding hydrogens is 540 g/mol. The molecule has 0 saturated heterocycles. The van der Waals surface area contributed by atoms with Crippen molar-refractivity contribution in [2.24, 2.45) is 0 Å². The van der Waals surface area contributed by atoms with Crippen molar-refractivity contribution >= 4 is 24.1 Å². The summed E-state index contributed by atoms with van der Waals surface area (Å²) >= 11 is 0. The van der Waals surface area contributed by atoms with Gasteiger partial charge in [0.1, 0.15) is 24.4 Å². The second-order valence-corrected chi connectivity index (χ2v) is 11.6. The van der Waals surface area contributed by atoms with Crippen LogP contribution in [0.2, 0.25) is 0 Å². The van der Waals surface area contributed by atoms with E-state index in [9.17, 15) is 19.2 Å². The maximum atomic E-state index is 12.7. The topological polar surface area (TPSA) is 112 Å². The fourth-order valence-electron chi connectivity index (χ4n) is 3.69. The van der Waals surface area contributed by atoms with Crippen LogP contribution in [0.4, 0.5) is 9.59 Å². The molecule has 2 amide bonds. The summed E-state index contributed by atoms with van der Waals surface area (Å²) in [6.45, 7) is 10.2. The average molecular weight is 583 g/mol. The number of rotatable bonds is 10. The number of likely N-dealkylation sites (N-methyl/N-ethyl adjacent to an activating group) is 2. The van der Waals surface area contributed by atoms with Crippen molar-refractivity contribution < 1.29 is 38.1 Å². The lowest BCUT2D eigenvalue weighted by atomic mass is 10.1. The molecular formula is C32H42N2O8. The van der Waals surface area contributed by atoms with Crippen LogP contribution >= 0.6 is 0 Å². The van der Waals surface area contributed by atoms with Gasteiger partial charge in [-0.3, -0.25) is 0 Å². The molecule has 0 aromatic heterocycles. The van der Waals surface area contributed by atoms with E-state index in [2.05, 4.69) is 0 Å². The van der Waals surface area contributed by atoms with Gasteiger partial charge in [-0.2, -0.15) is 0 Å². The molecule has 228 valence electrons. The first-order valence-corrected chi connectivity index (χ1v) is 13.6. The molecule has 0 unspecified atom stereocenters. The highest BCUT2D eigenvalue weighted by atomic mass is 16.6. The smallest absolute Gasteiger partial charge is 0.410 e. The Balaban J connectivity index is 2.03. The van der Waals surface area contributed by atoms with Gasteiger partial charge in [0.25, 0.3) is 0 Å². The summed E-state index contributed by atoms with van der Waals surface area (Å²) in [5, 5.41) is 0. The number of hydrogen-bond donors (Lipinski definition) is 0. The molecule has 2 rings (SSSR count). The largest absolute Gasteiger partial charge is 0.460 e. The Morgan fingerprint density at radius 1 is 0.619 bits per heavy atom. The highest BCUT2D eigenvalue weighted by Crippen LogP contribution is 2.24. The number of hydrogen-bond acceptors (Lipinski definition) is 8. The van der Waals surface area contributed by atoms with Crippen LogP contribution in [0, 0.1) is 0 Å². The Hall–Kier alpha value is -4.34. The van der Waals surface area contributed by atoms with Crippen molar-refractivity contribution in [1.29, 1.82) is 0 Å². The number of nitrogens with zero attached hydrogens (tertiary/aromatic N) is 2. The Labute approximate surface area is 248 Å². The van der Waals surface area contributed by atoms with Gasteiger partial charge in [-0.15, -0.1) is 0 Å². The third-order valence-electron chi connectivity index (χ3n) is 5.79. The quantitative estimate of drug-likeness (QED) is 0.195. The van der Waals surface area contributed by atoms with Crippen molar-refractivity contribution in [2.45, 2.75) is 64.8 Å². The van der Waals surface area contributed by atoms with Crippen LogP contribution in [0.1, 0.15) is 64.8 Å². The SMILES string of the molecule is CN(C(=O)OC(C)(C)C)[C@H](COC(=O)/C=C/C(=O)OC[C@H](c1ccccc1)N(C)C(=O)OC(C)(C)C)c1ccccc1. The molecule has 0 saturated carbocycles. The van der Waals surface area contributed by atoms with E-state index in [1.807, 2.05) is 60.7 Å². The van der Waals surface area contributed by atoms with Gasteiger partial charge in [-0.05, 0) is 52.7 Å². The molecule has 0 N–H and O–H groups in total. The van der Waals surface area contributed by atoms with Crippen molar-refractivity contribution in [1.82, 2.24) is 9.80 Å². The summed E-state index contributed by atoms with van der Waals surface area (Å²) in [5.41, 5.74) is 0.0764. The Morgan fingerprint density at radius 2 is 0.929 bits per heavy atom. The summed E-state index contributed by atoms with van der Waals surface area (Å²) in [7, 11) is 3.12. The standard InChI is InChI=1S/C32H42N2O8/c1-31(2,3)41-29(37)33(7)25(23-15-11-9-12-16-23)21-39-27(35)19-20-28(36)40-22-26(24-17-13-10-14-18-24)34(8)30(38)42-32(4,5)6/h9-20,25-26H,21-22H2,1-8H3/b20-19+/t25-,26-/m1/s1. The second-order valence-electron chi connectivity index (χ2n) is 11.6. The fourth-order valence-corrected chi connectivity index (χ4v) is 3.69. The van der Waals surface area contributed by atoms with Crippen LogP contribution in [0.25, 0.3) is 0 Å². The number of carbonyl (C=O) groups excluding carboxylic acids is 4. The Bertz CT molecular complexity index is 1120. The lowest BCUT2D eigenvalue weighted by molar-refractivity contribution is -0.142. The molecule has 0 aliphatic carbocycles. The van der Waals surface area contributed by atoms with Gasteiger partial charge in [0, 0.05) is 26.2 Å². The Morgan fingerprint density at radius 3 is 1.21 bits per heavy atom. The molecule has 0 aliphatic rings. The van der Waals surface area contributed by atoms with E-state index < -0.39 is 47.4 Å². The lowest BCUT2D eigenvalue weighted by Crippen LogP contribution is -2.38. The van der Waals surface area contributed by atoms with E-state index >= 15 is 0 Å². The summed E-state index contributed by atoms with van der Waals surface area (Å²) in [4.78, 5) is 53.0. The minimum Gasteiger partial charge on any atom is -0.460 e. The van der Waals surface area contributed by atoms with Gasteiger partial charge in [-0.25, -0.2) is 19.2 Å². The zero-order valence-electron chi connectivity index (χ0n) is 25.7. The molecule has 0 radical (unpaired) electrons. The minimum absolute atomic E-state index is 0.172. The zero-order chi connectivity index (χ0) is 31.5. The number of ether oxygens (including phenoxy) is 4. The van der Waals surface area contributed by atoms with Crippen molar-refractivity contribution in [3.63, 3.8) is 0 Å². The van der Waals surface area contributed by atoms with E-state index in [0.29, 0.717) is 0 Å². The highest BCUT2D eigenvalue weighted by Gasteiger charge is 2.29. The van der Waals surface area contributed by atoms with Gasteiger partial charge in [0.05, 0.1) is 12.1 Å². The first kappa shape index (κ1) is 33.9. The average Bonchev–Trinajstić information content (AvgIpc) is 2.91. The summed E-state index contributed by atoms with van der Waals surface area (Å²) in [6, 6.07) is 16.9. The maximum absolute atomic E-state index is 12.7. The molecule has 2 atom stereocenters. The third-order valence-corrected chi connectivity index (χ3v) is 5.79. The van der Waals surface area contributed by atoms with Crippen LogP contribution in [-0.2, 0) is 28.5 Å². The predicted octanol–water partition coefficient (Wildman–Crippen LogP) is 5.85. The van der Waals surface area contributed by atoms with Crippen LogP contribution in [0.5, 0.6) is 0 Å². The maximum Gasteiger partial charge on any atom is 0.410 e. The molecule has 42 heavy (non-hydrogen) atoms. The molecule has 0 fully saturated rings. The molecule has 0 heterocycles. The summed E-state index contributed by atoms with van der Waals surface area (Å²) in [6.07, 6.45) is 0.756. The number of benzene rings is 2. The van der Waals surface area contributed by atoms with E-state index in [1.165, 1.54) is 9.80 Å². The van der Waals surface area contributed by atoms with Gasteiger partial charge >= 0.3 is 24.1 Å². The lowest BCUT2D eigenvalue weighted by Gasteiger charge is -2.30. The van der Waals surface area contributed by atoms with Crippen molar-refractivity contribution in [2.75, 3.05) is 27.3 Å². The van der Waals surface area contributed by atoms with Gasteiger partial charge < -0.3 is 28.7 Å². The first-order valence-electron chi connectivity index (χ1n) is 13.6. The Kier molecular flexibility index (Phi) is 12.1. The predicted molar refractivity (Wildman–Crippen MR) is 157 cm³/mol. The van der Waals surface area contributed by atoms with E-state index in [-0.39, 0.29) is 13.2 Å². The monoisotopic (exact) mass is 582 g/mol. The van der Waals surface area contributed by atoms with Gasteiger partial charge in [0.2, 0.25) is 0 Å². The molecule has 2 aromatic rings. The zero-order valence-corrected chi connectivity index (χ0v) is 25.7. The summed E-state index contributed by atoms with van der Waals surface area (Å²) in [5.74, 6) is -1.59. The number of carbonyl (C=O) groups is 4. The van der Waals surface area contributed by atoms with Gasteiger partial charge in [-0.1, -0.05) is 60.7 Å². The van der Waals surface area contributed by atoms with Crippen LogP contribution in [0.3, 0.4) is 0 Å². The number of amides is 2. The molecule has 10 nitrogen and oxygen atoms in total.